The molecule has 1 aliphatic carbocycles. The summed E-state index contributed by atoms with van der Waals surface area (Å²) in [6.45, 7) is 4.31. The zero-order valence-corrected chi connectivity index (χ0v) is 10.9. The normalized spacial score (nSPS) is 24.6. The lowest BCUT2D eigenvalue weighted by atomic mass is 9.86. The lowest BCUT2D eigenvalue weighted by Crippen LogP contribution is -2.24. The smallest absolute Gasteiger partial charge is 0.142 e. The van der Waals surface area contributed by atoms with E-state index >= 15 is 0 Å². The van der Waals surface area contributed by atoms with Gasteiger partial charge in [-0.1, -0.05) is 25.5 Å². The minimum absolute atomic E-state index is 0.363. The number of para-hydroxylation sites is 1. The summed E-state index contributed by atoms with van der Waals surface area (Å²) in [6, 6.07) is 6.02. The Hall–Kier alpha value is -1.18. The van der Waals surface area contributed by atoms with Crippen molar-refractivity contribution in [2.45, 2.75) is 52.1 Å². The number of hydrogen-bond donors (Lipinski definition) is 1. The van der Waals surface area contributed by atoms with Crippen molar-refractivity contribution in [2.24, 2.45) is 5.92 Å². The van der Waals surface area contributed by atoms with Crippen molar-refractivity contribution >= 4 is 5.69 Å². The van der Waals surface area contributed by atoms with Crippen LogP contribution in [0.2, 0.25) is 0 Å². The molecule has 0 spiro atoms. The van der Waals surface area contributed by atoms with Crippen LogP contribution < -0.4 is 10.5 Å². The molecule has 0 heterocycles. The number of nitrogen functional groups attached to an aromatic ring is 1. The molecule has 2 heteroatoms. The third kappa shape index (κ3) is 2.93. The van der Waals surface area contributed by atoms with Crippen LogP contribution >= 0.6 is 0 Å². The van der Waals surface area contributed by atoms with Crippen molar-refractivity contribution < 1.29 is 4.74 Å². The SMILES string of the molecule is CCC1CCC(Oc2cccc(C)c2N)CC1. The predicted molar refractivity (Wildman–Crippen MR) is 72.3 cm³/mol. The Labute approximate surface area is 104 Å². The molecule has 2 nitrogen and oxygen atoms in total. The average Bonchev–Trinajstić information content (AvgIpc) is 2.36. The molecule has 1 aromatic rings. The maximum Gasteiger partial charge on any atom is 0.142 e. The van der Waals surface area contributed by atoms with Gasteiger partial charge in [0.1, 0.15) is 5.75 Å². The van der Waals surface area contributed by atoms with E-state index in [-0.39, 0.29) is 0 Å². The second kappa shape index (κ2) is 5.44. The van der Waals surface area contributed by atoms with Gasteiger partial charge in [-0.25, -0.2) is 0 Å². The van der Waals surface area contributed by atoms with E-state index in [1.165, 1.54) is 32.1 Å². The Morgan fingerprint density at radius 2 is 1.94 bits per heavy atom. The van der Waals surface area contributed by atoms with Crippen LogP contribution in [0.1, 0.15) is 44.6 Å². The van der Waals surface area contributed by atoms with Gasteiger partial charge in [0, 0.05) is 0 Å². The van der Waals surface area contributed by atoms with Crippen molar-refractivity contribution in [3.8, 4) is 5.75 Å². The summed E-state index contributed by atoms with van der Waals surface area (Å²) in [6.07, 6.45) is 6.61. The standard InChI is InChI=1S/C15H23NO/c1-3-12-7-9-13(10-8-12)17-14-6-4-5-11(2)15(14)16/h4-6,12-13H,3,7-10,16H2,1-2H3. The van der Waals surface area contributed by atoms with Gasteiger partial charge in [0.15, 0.2) is 0 Å². The van der Waals surface area contributed by atoms with E-state index in [4.69, 9.17) is 10.5 Å². The number of nitrogens with two attached hydrogens (primary N) is 1. The molecule has 0 amide bonds. The van der Waals surface area contributed by atoms with Crippen LogP contribution in [0, 0.1) is 12.8 Å². The van der Waals surface area contributed by atoms with E-state index in [0.717, 1.165) is 22.9 Å². The lowest BCUT2D eigenvalue weighted by molar-refractivity contribution is 0.130. The van der Waals surface area contributed by atoms with Crippen LogP contribution in [0.3, 0.4) is 0 Å². The van der Waals surface area contributed by atoms with Crippen molar-refractivity contribution in [3.05, 3.63) is 23.8 Å². The maximum atomic E-state index is 6.03. The number of ether oxygens (including phenoxy) is 1. The third-order valence-corrected chi connectivity index (χ3v) is 3.95. The van der Waals surface area contributed by atoms with Gasteiger partial charge in [-0.05, 0) is 50.2 Å². The summed E-state index contributed by atoms with van der Waals surface area (Å²) in [7, 11) is 0. The molecule has 2 N–H and O–H groups in total. The van der Waals surface area contributed by atoms with E-state index in [2.05, 4.69) is 6.92 Å². The molecular weight excluding hydrogens is 210 g/mol. The average molecular weight is 233 g/mol. The number of benzene rings is 1. The fourth-order valence-corrected chi connectivity index (χ4v) is 2.59. The molecule has 0 unspecified atom stereocenters. The Morgan fingerprint density at radius 1 is 1.24 bits per heavy atom. The molecule has 1 fully saturated rings. The van der Waals surface area contributed by atoms with Crippen LogP contribution in [-0.4, -0.2) is 6.10 Å². The fourth-order valence-electron chi connectivity index (χ4n) is 2.59. The van der Waals surface area contributed by atoms with Gasteiger partial charge in [-0.15, -0.1) is 0 Å². The highest BCUT2D eigenvalue weighted by Crippen LogP contribution is 2.32. The van der Waals surface area contributed by atoms with Gasteiger partial charge in [-0.3, -0.25) is 0 Å². The third-order valence-electron chi connectivity index (χ3n) is 3.95. The summed E-state index contributed by atoms with van der Waals surface area (Å²) in [5.41, 5.74) is 7.93. The van der Waals surface area contributed by atoms with Crippen LogP contribution in [0.5, 0.6) is 5.75 Å². The molecule has 1 saturated carbocycles. The summed E-state index contributed by atoms with van der Waals surface area (Å²) in [4.78, 5) is 0. The summed E-state index contributed by atoms with van der Waals surface area (Å²) >= 11 is 0. The molecule has 0 aliphatic heterocycles. The van der Waals surface area contributed by atoms with E-state index < -0.39 is 0 Å². The first-order valence-electron chi connectivity index (χ1n) is 6.72. The zero-order chi connectivity index (χ0) is 12.3. The molecule has 1 aliphatic rings. The Kier molecular flexibility index (Phi) is 3.93. The number of rotatable bonds is 3. The van der Waals surface area contributed by atoms with E-state index in [9.17, 15) is 0 Å². The van der Waals surface area contributed by atoms with Crippen LogP contribution in [0.4, 0.5) is 5.69 Å². The number of anilines is 1. The van der Waals surface area contributed by atoms with Gasteiger partial charge < -0.3 is 10.5 Å². The van der Waals surface area contributed by atoms with Gasteiger partial charge in [-0.2, -0.15) is 0 Å². The lowest BCUT2D eigenvalue weighted by Gasteiger charge is -2.28. The highest BCUT2D eigenvalue weighted by Gasteiger charge is 2.21. The van der Waals surface area contributed by atoms with Gasteiger partial charge >= 0.3 is 0 Å². The molecule has 94 valence electrons. The molecule has 17 heavy (non-hydrogen) atoms. The number of hydrogen-bond acceptors (Lipinski definition) is 2. The number of aryl methyl sites for hydroxylation is 1. The minimum atomic E-state index is 0.363. The molecule has 0 aromatic heterocycles. The molecular formula is C15H23NO. The first-order chi connectivity index (χ1) is 8.20. The van der Waals surface area contributed by atoms with Crippen LogP contribution in [0.15, 0.2) is 18.2 Å². The molecule has 2 rings (SSSR count). The monoisotopic (exact) mass is 233 g/mol. The van der Waals surface area contributed by atoms with Crippen LogP contribution in [0.25, 0.3) is 0 Å². The first-order valence-corrected chi connectivity index (χ1v) is 6.72. The molecule has 0 radical (unpaired) electrons. The summed E-state index contributed by atoms with van der Waals surface area (Å²) in [5, 5.41) is 0. The second-order valence-electron chi connectivity index (χ2n) is 5.16. The highest BCUT2D eigenvalue weighted by atomic mass is 16.5. The van der Waals surface area contributed by atoms with Crippen LogP contribution in [-0.2, 0) is 0 Å². The van der Waals surface area contributed by atoms with Crippen molar-refractivity contribution in [3.63, 3.8) is 0 Å². The van der Waals surface area contributed by atoms with E-state index in [0.29, 0.717) is 6.10 Å². The van der Waals surface area contributed by atoms with E-state index in [1.54, 1.807) is 0 Å². The second-order valence-corrected chi connectivity index (χ2v) is 5.16. The first kappa shape index (κ1) is 12.3. The minimum Gasteiger partial charge on any atom is -0.488 e. The molecule has 1 aromatic carbocycles. The van der Waals surface area contributed by atoms with Gasteiger partial charge in [0.2, 0.25) is 0 Å². The highest BCUT2D eigenvalue weighted by molar-refractivity contribution is 5.57. The molecule has 0 saturated heterocycles. The van der Waals surface area contributed by atoms with Gasteiger partial charge in [0.25, 0.3) is 0 Å². The summed E-state index contributed by atoms with van der Waals surface area (Å²) in [5.74, 6) is 1.77. The van der Waals surface area contributed by atoms with Crippen molar-refractivity contribution in [2.75, 3.05) is 5.73 Å². The molecule has 0 bridgehead atoms. The largest absolute Gasteiger partial charge is 0.488 e. The van der Waals surface area contributed by atoms with Crippen molar-refractivity contribution in [1.82, 2.24) is 0 Å². The molecule has 0 atom stereocenters. The Bertz CT molecular complexity index is 367. The quantitative estimate of drug-likeness (QED) is 0.803. The van der Waals surface area contributed by atoms with Crippen molar-refractivity contribution in [1.29, 1.82) is 0 Å². The Morgan fingerprint density at radius 3 is 2.59 bits per heavy atom. The topological polar surface area (TPSA) is 35.2 Å². The van der Waals surface area contributed by atoms with E-state index in [1.807, 2.05) is 25.1 Å². The predicted octanol–water partition coefficient (Wildman–Crippen LogP) is 3.92. The fraction of sp³-hybridized carbons (Fsp3) is 0.600. The maximum absolute atomic E-state index is 6.03. The zero-order valence-electron chi connectivity index (χ0n) is 10.9. The van der Waals surface area contributed by atoms with Gasteiger partial charge in [0.05, 0.1) is 11.8 Å². The summed E-state index contributed by atoms with van der Waals surface area (Å²) < 4.78 is 6.03. The Balaban J connectivity index is 1.95.